The number of aryl methyl sites for hydroxylation is 3. The molecule has 1 unspecified atom stereocenters. The molecule has 0 saturated carbocycles. The van der Waals surface area contributed by atoms with E-state index in [0.717, 1.165) is 4.90 Å². The van der Waals surface area contributed by atoms with E-state index in [0.29, 0.717) is 0 Å². The Kier molecular flexibility index (Phi) is 10.3. The maximum absolute atomic E-state index is 5.19. The molecule has 0 N–H and O–H groups in total. The third-order valence-electron chi connectivity index (χ3n) is 9.66. The molecule has 1 atom stereocenters. The second kappa shape index (κ2) is 14.2. The van der Waals surface area contributed by atoms with Crippen LogP contribution in [0.3, 0.4) is 0 Å². The molecule has 2 aliphatic carbocycles. The topological polar surface area (TPSA) is 0 Å². The van der Waals surface area contributed by atoms with Crippen molar-refractivity contribution in [2.45, 2.75) is 72.6 Å². The standard InChI is InChI=1S/C44H42S.C2H6/c1-28-13-12-18-37(36-16-10-8-14-30(36)3)32(5)23-24-44(27-35(21-19-28)39-22-20-29(2)25-41(39)44)40-26-42(45)43(34(7)33(40)6)38-17-11-9-15-31(38)4;1-2/h8-27,45H,1-7H3;1-2H3/b18-12-,21-19-,24-23+,28-13-,37-32+;. The van der Waals surface area contributed by atoms with Crippen LogP contribution in [0.2, 0.25) is 0 Å². The molecule has 0 radical (unpaired) electrons. The van der Waals surface area contributed by atoms with Gasteiger partial charge in [-0.1, -0.05) is 140 Å². The molecule has 0 fully saturated rings. The quantitative estimate of drug-likeness (QED) is 0.213. The summed E-state index contributed by atoms with van der Waals surface area (Å²) in [4.78, 5) is 1.01. The van der Waals surface area contributed by atoms with Gasteiger partial charge in [0, 0.05) is 4.90 Å². The largest absolute Gasteiger partial charge is 0.143 e. The van der Waals surface area contributed by atoms with Crippen LogP contribution in [-0.2, 0) is 5.41 Å². The molecule has 2 aliphatic rings. The highest BCUT2D eigenvalue weighted by atomic mass is 32.1. The van der Waals surface area contributed by atoms with E-state index in [-0.39, 0.29) is 0 Å². The summed E-state index contributed by atoms with van der Waals surface area (Å²) in [6.07, 6.45) is 18.4. The van der Waals surface area contributed by atoms with Crippen LogP contribution in [0, 0.1) is 34.6 Å². The molecule has 0 heterocycles. The minimum atomic E-state index is -0.467. The summed E-state index contributed by atoms with van der Waals surface area (Å²) >= 11 is 5.19. The lowest BCUT2D eigenvalue weighted by atomic mass is 9.72. The van der Waals surface area contributed by atoms with Crippen molar-refractivity contribution in [1.29, 1.82) is 0 Å². The third-order valence-corrected chi connectivity index (χ3v) is 10.0. The van der Waals surface area contributed by atoms with Crippen molar-refractivity contribution < 1.29 is 0 Å². The summed E-state index contributed by atoms with van der Waals surface area (Å²) in [6, 6.07) is 26.6. The molecule has 0 aromatic heterocycles. The van der Waals surface area contributed by atoms with Crippen LogP contribution in [0.1, 0.15) is 77.8 Å². The van der Waals surface area contributed by atoms with Gasteiger partial charge in [-0.3, -0.25) is 0 Å². The zero-order valence-electron chi connectivity index (χ0n) is 29.5. The van der Waals surface area contributed by atoms with Crippen molar-refractivity contribution in [1.82, 2.24) is 0 Å². The molecule has 4 aromatic carbocycles. The molecule has 238 valence electrons. The Hall–Kier alpha value is -4.33. The highest BCUT2D eigenvalue weighted by Crippen LogP contribution is 2.50. The monoisotopic (exact) mass is 632 g/mol. The van der Waals surface area contributed by atoms with Gasteiger partial charge in [0.2, 0.25) is 0 Å². The molecule has 6 rings (SSSR count). The van der Waals surface area contributed by atoms with Gasteiger partial charge in [0.1, 0.15) is 0 Å². The van der Waals surface area contributed by atoms with E-state index in [1.807, 2.05) is 13.8 Å². The zero-order chi connectivity index (χ0) is 33.9. The normalized spacial score (nSPS) is 21.8. The fraction of sp³-hybridized carbons (Fsp3) is 0.217. The fourth-order valence-electron chi connectivity index (χ4n) is 6.99. The summed E-state index contributed by atoms with van der Waals surface area (Å²) in [5.41, 5.74) is 18.4. The number of rotatable bonds is 3. The maximum atomic E-state index is 5.19. The highest BCUT2D eigenvalue weighted by Gasteiger charge is 2.39. The van der Waals surface area contributed by atoms with E-state index in [9.17, 15) is 0 Å². The second-order valence-electron chi connectivity index (χ2n) is 12.7. The van der Waals surface area contributed by atoms with Crippen LogP contribution in [0.4, 0.5) is 0 Å². The van der Waals surface area contributed by atoms with Crippen molar-refractivity contribution in [3.8, 4) is 11.1 Å². The van der Waals surface area contributed by atoms with E-state index < -0.39 is 5.41 Å². The predicted molar refractivity (Wildman–Crippen MR) is 210 cm³/mol. The zero-order valence-corrected chi connectivity index (χ0v) is 30.4. The van der Waals surface area contributed by atoms with Crippen molar-refractivity contribution >= 4 is 23.8 Å². The molecule has 0 nitrogen and oxygen atoms in total. The molecular formula is C46H48S. The lowest BCUT2D eigenvalue weighted by Crippen LogP contribution is -2.23. The number of fused-ring (bicyclic) bond motifs is 4. The van der Waals surface area contributed by atoms with Gasteiger partial charge in [0.25, 0.3) is 0 Å². The van der Waals surface area contributed by atoms with Gasteiger partial charge in [0.05, 0.1) is 5.41 Å². The summed E-state index contributed by atoms with van der Waals surface area (Å²) in [6.45, 7) is 19.5. The predicted octanol–water partition coefficient (Wildman–Crippen LogP) is 13.0. The first-order valence-electron chi connectivity index (χ1n) is 16.8. The lowest BCUT2D eigenvalue weighted by molar-refractivity contribution is 0.813. The SMILES string of the molecule is CC.CC1=C/C=C\C(c2ccccc2C)=C(C)/C=C/C2(c3cc(S)c(-c4ccccc4C)c(C)c3C)C=C(/C=C\1)c1ccc(C)cc12. The Bertz CT molecular complexity index is 2020. The summed E-state index contributed by atoms with van der Waals surface area (Å²) in [5, 5.41) is 0. The number of allylic oxidation sites excluding steroid dienone is 12. The van der Waals surface area contributed by atoms with Crippen LogP contribution >= 0.6 is 12.6 Å². The molecule has 0 aliphatic heterocycles. The van der Waals surface area contributed by atoms with Crippen LogP contribution in [-0.4, -0.2) is 0 Å². The Morgan fingerprint density at radius 3 is 1.94 bits per heavy atom. The molecule has 2 bridgehead atoms. The van der Waals surface area contributed by atoms with Crippen LogP contribution in [0.15, 0.2) is 137 Å². The van der Waals surface area contributed by atoms with Gasteiger partial charge in [-0.15, -0.1) is 12.6 Å². The van der Waals surface area contributed by atoms with Crippen molar-refractivity contribution in [3.05, 3.63) is 183 Å². The lowest BCUT2D eigenvalue weighted by Gasteiger charge is -2.31. The van der Waals surface area contributed by atoms with Crippen molar-refractivity contribution in [2.75, 3.05) is 0 Å². The summed E-state index contributed by atoms with van der Waals surface area (Å²) in [7, 11) is 0. The molecule has 1 heteroatoms. The van der Waals surface area contributed by atoms with Crippen molar-refractivity contribution in [3.63, 3.8) is 0 Å². The first kappa shape index (κ1) is 34.0. The summed E-state index contributed by atoms with van der Waals surface area (Å²) < 4.78 is 0. The average molecular weight is 633 g/mol. The Labute approximate surface area is 289 Å². The average Bonchev–Trinajstić information content (AvgIpc) is 3.38. The van der Waals surface area contributed by atoms with E-state index in [1.165, 1.54) is 83.5 Å². The van der Waals surface area contributed by atoms with Gasteiger partial charge in [0.15, 0.2) is 0 Å². The van der Waals surface area contributed by atoms with Crippen LogP contribution in [0.5, 0.6) is 0 Å². The fourth-order valence-corrected chi connectivity index (χ4v) is 7.41. The van der Waals surface area contributed by atoms with Crippen LogP contribution < -0.4 is 0 Å². The Balaban J connectivity index is 0.00000213. The number of hydrogen-bond acceptors (Lipinski definition) is 1. The van der Waals surface area contributed by atoms with Crippen molar-refractivity contribution in [2.24, 2.45) is 0 Å². The number of hydrogen-bond donors (Lipinski definition) is 1. The molecule has 4 aromatic rings. The minimum Gasteiger partial charge on any atom is -0.143 e. The molecule has 0 spiro atoms. The summed E-state index contributed by atoms with van der Waals surface area (Å²) in [5.74, 6) is 0. The first-order valence-corrected chi connectivity index (χ1v) is 17.3. The molecule has 47 heavy (non-hydrogen) atoms. The minimum absolute atomic E-state index is 0.467. The Morgan fingerprint density at radius 2 is 1.26 bits per heavy atom. The first-order chi connectivity index (χ1) is 22.6. The number of thiol groups is 1. The third kappa shape index (κ3) is 6.47. The van der Waals surface area contributed by atoms with E-state index >= 15 is 0 Å². The van der Waals surface area contributed by atoms with E-state index in [4.69, 9.17) is 12.6 Å². The van der Waals surface area contributed by atoms with Gasteiger partial charge in [-0.2, -0.15) is 0 Å². The maximum Gasteiger partial charge on any atom is 0.0584 e. The second-order valence-corrected chi connectivity index (χ2v) is 13.2. The molecule has 0 saturated heterocycles. The molecular weight excluding hydrogens is 585 g/mol. The highest BCUT2D eigenvalue weighted by molar-refractivity contribution is 7.80. The van der Waals surface area contributed by atoms with E-state index in [1.54, 1.807) is 0 Å². The van der Waals surface area contributed by atoms with E-state index in [2.05, 4.69) is 170 Å². The van der Waals surface area contributed by atoms with Gasteiger partial charge >= 0.3 is 0 Å². The van der Waals surface area contributed by atoms with Crippen LogP contribution in [0.25, 0.3) is 22.3 Å². The number of benzene rings is 4. The van der Waals surface area contributed by atoms with Gasteiger partial charge in [-0.25, -0.2) is 0 Å². The Morgan fingerprint density at radius 1 is 0.596 bits per heavy atom. The smallest absolute Gasteiger partial charge is 0.0584 e. The van der Waals surface area contributed by atoms with Gasteiger partial charge < -0.3 is 0 Å². The molecule has 0 amide bonds. The van der Waals surface area contributed by atoms with Gasteiger partial charge in [-0.05, 0) is 127 Å².